The van der Waals surface area contributed by atoms with Crippen LogP contribution in [-0.4, -0.2) is 7.05 Å². The fourth-order valence-corrected chi connectivity index (χ4v) is 1.76. The van der Waals surface area contributed by atoms with Crippen molar-refractivity contribution in [2.24, 2.45) is 0 Å². The van der Waals surface area contributed by atoms with E-state index in [-0.39, 0.29) is 0 Å². The number of benzene rings is 2. The number of nitrogens with zero attached hydrogens (tertiary/aromatic N) is 1. The molecule has 2 nitrogen and oxygen atoms in total. The Bertz CT molecular complexity index is 517. The summed E-state index contributed by atoms with van der Waals surface area (Å²) in [4.78, 5) is 2.00. The Labute approximate surface area is 102 Å². The molecule has 0 spiro atoms. The first-order valence-corrected chi connectivity index (χ1v) is 5.52. The molecule has 2 N–H and O–H groups in total. The Morgan fingerprint density at radius 3 is 2.24 bits per heavy atom. The zero-order valence-corrected chi connectivity index (χ0v) is 9.93. The molecule has 2 aromatic rings. The van der Waals surface area contributed by atoms with Crippen molar-refractivity contribution in [3.8, 4) is 0 Å². The van der Waals surface area contributed by atoms with E-state index in [0.29, 0.717) is 0 Å². The van der Waals surface area contributed by atoms with Gasteiger partial charge in [-0.15, -0.1) is 0 Å². The quantitative estimate of drug-likeness (QED) is 0.810. The van der Waals surface area contributed by atoms with E-state index in [0.717, 1.165) is 22.6 Å². The number of para-hydroxylation sites is 2. The van der Waals surface area contributed by atoms with Gasteiger partial charge in [-0.25, -0.2) is 0 Å². The van der Waals surface area contributed by atoms with Gasteiger partial charge in [0.05, 0.1) is 11.4 Å². The molecule has 0 amide bonds. The second kappa shape index (κ2) is 4.74. The molecule has 86 valence electrons. The van der Waals surface area contributed by atoms with Gasteiger partial charge in [0.25, 0.3) is 0 Å². The first kappa shape index (κ1) is 11.3. The van der Waals surface area contributed by atoms with Crippen LogP contribution >= 0.6 is 0 Å². The molecule has 2 aromatic carbocycles. The molecule has 0 radical (unpaired) electrons. The second-order valence-electron chi connectivity index (χ2n) is 3.93. The van der Waals surface area contributed by atoms with Gasteiger partial charge in [-0.1, -0.05) is 49.0 Å². The fraction of sp³-hybridized carbons (Fsp3) is 0.0667. The molecule has 0 aliphatic carbocycles. The van der Waals surface area contributed by atoms with Gasteiger partial charge < -0.3 is 10.6 Å². The maximum Gasteiger partial charge on any atom is 0.0641 e. The van der Waals surface area contributed by atoms with Gasteiger partial charge in [0, 0.05) is 12.7 Å². The van der Waals surface area contributed by atoms with Gasteiger partial charge in [-0.3, -0.25) is 0 Å². The largest absolute Gasteiger partial charge is 0.397 e. The highest BCUT2D eigenvalue weighted by Crippen LogP contribution is 2.27. The Balaban J connectivity index is 2.30. The van der Waals surface area contributed by atoms with E-state index in [9.17, 15) is 0 Å². The van der Waals surface area contributed by atoms with Gasteiger partial charge in [-0.05, 0) is 17.7 Å². The molecule has 0 aliphatic heterocycles. The first-order chi connectivity index (χ1) is 8.20. The van der Waals surface area contributed by atoms with Crippen molar-refractivity contribution in [3.05, 3.63) is 66.7 Å². The maximum atomic E-state index is 5.95. The lowest BCUT2D eigenvalue weighted by Crippen LogP contribution is -2.15. The van der Waals surface area contributed by atoms with Crippen LogP contribution in [0.25, 0.3) is 5.70 Å². The van der Waals surface area contributed by atoms with Crippen molar-refractivity contribution in [1.82, 2.24) is 0 Å². The Kier molecular flexibility index (Phi) is 3.15. The summed E-state index contributed by atoms with van der Waals surface area (Å²) in [6, 6.07) is 17.9. The number of rotatable bonds is 3. The van der Waals surface area contributed by atoms with Gasteiger partial charge in [-0.2, -0.15) is 0 Å². The summed E-state index contributed by atoms with van der Waals surface area (Å²) in [5, 5.41) is 0. The summed E-state index contributed by atoms with van der Waals surface area (Å²) < 4.78 is 0. The highest BCUT2D eigenvalue weighted by atomic mass is 15.1. The van der Waals surface area contributed by atoms with E-state index in [2.05, 4.69) is 6.58 Å². The summed E-state index contributed by atoms with van der Waals surface area (Å²) in [7, 11) is 1.97. The molecular weight excluding hydrogens is 208 g/mol. The van der Waals surface area contributed by atoms with Crippen molar-refractivity contribution in [2.45, 2.75) is 0 Å². The van der Waals surface area contributed by atoms with E-state index in [1.54, 1.807) is 0 Å². The average Bonchev–Trinajstić information content (AvgIpc) is 2.39. The fourth-order valence-electron chi connectivity index (χ4n) is 1.76. The molecule has 0 saturated carbocycles. The van der Waals surface area contributed by atoms with Crippen LogP contribution in [0.4, 0.5) is 11.4 Å². The molecule has 0 fully saturated rings. The number of nitrogens with two attached hydrogens (primary N) is 1. The summed E-state index contributed by atoms with van der Waals surface area (Å²) in [5.74, 6) is 0. The molecule has 17 heavy (non-hydrogen) atoms. The molecule has 0 saturated heterocycles. The topological polar surface area (TPSA) is 29.3 Å². The van der Waals surface area contributed by atoms with Crippen LogP contribution in [-0.2, 0) is 0 Å². The lowest BCUT2D eigenvalue weighted by Gasteiger charge is -2.23. The molecule has 0 heterocycles. The normalized spacial score (nSPS) is 9.94. The minimum atomic E-state index is 0.757. The number of anilines is 2. The number of nitrogen functional groups attached to an aromatic ring is 1. The SMILES string of the molecule is C=C(c1ccccc1)N(C)c1ccccc1N. The van der Waals surface area contributed by atoms with Gasteiger partial charge in [0.1, 0.15) is 0 Å². The minimum absolute atomic E-state index is 0.757. The molecule has 0 atom stereocenters. The Morgan fingerprint density at radius 2 is 1.59 bits per heavy atom. The minimum Gasteiger partial charge on any atom is -0.397 e. The van der Waals surface area contributed by atoms with Crippen LogP contribution in [0, 0.1) is 0 Å². The molecule has 2 rings (SSSR count). The van der Waals surface area contributed by atoms with E-state index in [1.807, 2.05) is 66.5 Å². The second-order valence-corrected chi connectivity index (χ2v) is 3.93. The molecule has 0 unspecified atom stereocenters. The Morgan fingerprint density at radius 1 is 1.00 bits per heavy atom. The molecular formula is C15H16N2. The van der Waals surface area contributed by atoms with Crippen molar-refractivity contribution in [2.75, 3.05) is 17.7 Å². The maximum absolute atomic E-state index is 5.95. The molecule has 0 bridgehead atoms. The van der Waals surface area contributed by atoms with Crippen molar-refractivity contribution in [1.29, 1.82) is 0 Å². The van der Waals surface area contributed by atoms with Crippen LogP contribution in [0.5, 0.6) is 0 Å². The van der Waals surface area contributed by atoms with Crippen molar-refractivity contribution >= 4 is 17.1 Å². The van der Waals surface area contributed by atoms with Crippen molar-refractivity contribution < 1.29 is 0 Å². The highest BCUT2D eigenvalue weighted by molar-refractivity contribution is 5.82. The third-order valence-electron chi connectivity index (χ3n) is 2.81. The van der Waals surface area contributed by atoms with Gasteiger partial charge in [0.15, 0.2) is 0 Å². The summed E-state index contributed by atoms with van der Waals surface area (Å²) >= 11 is 0. The summed E-state index contributed by atoms with van der Waals surface area (Å²) in [6.45, 7) is 4.11. The van der Waals surface area contributed by atoms with Crippen LogP contribution in [0.3, 0.4) is 0 Å². The molecule has 0 aromatic heterocycles. The zero-order valence-electron chi connectivity index (χ0n) is 9.93. The first-order valence-electron chi connectivity index (χ1n) is 5.52. The predicted octanol–water partition coefficient (Wildman–Crippen LogP) is 3.38. The summed E-state index contributed by atoms with van der Waals surface area (Å²) in [6.07, 6.45) is 0. The van der Waals surface area contributed by atoms with E-state index >= 15 is 0 Å². The van der Waals surface area contributed by atoms with E-state index < -0.39 is 0 Å². The van der Waals surface area contributed by atoms with Crippen LogP contribution < -0.4 is 10.6 Å². The van der Waals surface area contributed by atoms with Gasteiger partial charge >= 0.3 is 0 Å². The van der Waals surface area contributed by atoms with Crippen LogP contribution in [0.1, 0.15) is 5.56 Å². The third kappa shape index (κ3) is 2.31. The molecule has 0 aliphatic rings. The smallest absolute Gasteiger partial charge is 0.0641 e. The summed E-state index contributed by atoms with van der Waals surface area (Å²) in [5.41, 5.74) is 9.71. The number of hydrogen-bond acceptors (Lipinski definition) is 2. The lowest BCUT2D eigenvalue weighted by atomic mass is 10.1. The highest BCUT2D eigenvalue weighted by Gasteiger charge is 2.08. The van der Waals surface area contributed by atoms with Crippen molar-refractivity contribution in [3.63, 3.8) is 0 Å². The standard InChI is InChI=1S/C15H16N2/c1-12(13-8-4-3-5-9-13)17(2)15-11-7-6-10-14(15)16/h3-11H,1,16H2,2H3. The lowest BCUT2D eigenvalue weighted by molar-refractivity contribution is 1.23. The Hall–Kier alpha value is -2.22. The predicted molar refractivity (Wildman–Crippen MR) is 74.7 cm³/mol. The van der Waals surface area contributed by atoms with E-state index in [4.69, 9.17) is 5.73 Å². The number of hydrogen-bond donors (Lipinski definition) is 1. The zero-order chi connectivity index (χ0) is 12.3. The van der Waals surface area contributed by atoms with E-state index in [1.165, 1.54) is 0 Å². The van der Waals surface area contributed by atoms with Crippen LogP contribution in [0.2, 0.25) is 0 Å². The molecule has 2 heteroatoms. The van der Waals surface area contributed by atoms with Crippen LogP contribution in [0.15, 0.2) is 61.2 Å². The third-order valence-corrected chi connectivity index (χ3v) is 2.81. The monoisotopic (exact) mass is 224 g/mol. The van der Waals surface area contributed by atoms with Gasteiger partial charge in [0.2, 0.25) is 0 Å². The average molecular weight is 224 g/mol.